The summed E-state index contributed by atoms with van der Waals surface area (Å²) in [5.41, 5.74) is 7.19. The van der Waals surface area contributed by atoms with Crippen molar-refractivity contribution in [2.24, 2.45) is 5.73 Å². The van der Waals surface area contributed by atoms with Crippen molar-refractivity contribution in [3.05, 3.63) is 40.4 Å². The first-order valence-electron chi connectivity index (χ1n) is 8.96. The van der Waals surface area contributed by atoms with E-state index in [4.69, 9.17) is 22.1 Å². The summed E-state index contributed by atoms with van der Waals surface area (Å²) in [5, 5.41) is 3.47. The number of benzene rings is 1. The number of carbonyl (C=O) groups is 1. The van der Waals surface area contributed by atoms with Gasteiger partial charge in [0.25, 0.3) is 0 Å². The molecule has 0 unspecified atom stereocenters. The standard InChI is InChI=1S/C19H24ClN3O2S/c20-17-5-2-1-4-16(17)19-22-14(13-26-19)12-18(24)23-9-6-15(7-10-23)25-11-3-8-21/h1-2,4-5,13,15H,3,6-12,21H2. The molecule has 1 aliphatic rings. The molecule has 0 bridgehead atoms. The van der Waals surface area contributed by atoms with Gasteiger partial charge in [0.1, 0.15) is 5.01 Å². The van der Waals surface area contributed by atoms with Gasteiger partial charge in [0.05, 0.1) is 23.2 Å². The maximum Gasteiger partial charge on any atom is 0.228 e. The maximum absolute atomic E-state index is 12.6. The number of likely N-dealkylation sites (tertiary alicyclic amines) is 1. The number of amides is 1. The van der Waals surface area contributed by atoms with E-state index >= 15 is 0 Å². The molecule has 1 saturated heterocycles. The summed E-state index contributed by atoms with van der Waals surface area (Å²) in [6.45, 7) is 2.85. The van der Waals surface area contributed by atoms with E-state index in [0.29, 0.717) is 24.6 Å². The van der Waals surface area contributed by atoms with E-state index in [0.717, 1.165) is 48.6 Å². The monoisotopic (exact) mass is 393 g/mol. The summed E-state index contributed by atoms with van der Waals surface area (Å²) < 4.78 is 5.79. The van der Waals surface area contributed by atoms with Crippen LogP contribution in [-0.4, -0.2) is 48.1 Å². The van der Waals surface area contributed by atoms with Crippen LogP contribution >= 0.6 is 22.9 Å². The molecule has 0 saturated carbocycles. The minimum Gasteiger partial charge on any atom is -0.378 e. The Kier molecular flexibility index (Phi) is 7.02. The lowest BCUT2D eigenvalue weighted by Crippen LogP contribution is -2.41. The van der Waals surface area contributed by atoms with Crippen LogP contribution < -0.4 is 5.73 Å². The summed E-state index contributed by atoms with van der Waals surface area (Å²) in [6, 6.07) is 7.63. The average molecular weight is 394 g/mol. The molecule has 1 aromatic heterocycles. The van der Waals surface area contributed by atoms with Crippen molar-refractivity contribution < 1.29 is 9.53 Å². The maximum atomic E-state index is 12.6. The number of carbonyl (C=O) groups excluding carboxylic acids is 1. The number of piperidine rings is 1. The zero-order chi connectivity index (χ0) is 18.4. The SMILES string of the molecule is NCCCOC1CCN(C(=O)Cc2csc(-c3ccccc3Cl)n2)CC1. The van der Waals surface area contributed by atoms with Crippen LogP contribution in [0.1, 0.15) is 25.0 Å². The van der Waals surface area contributed by atoms with Gasteiger partial charge < -0.3 is 15.4 Å². The lowest BCUT2D eigenvalue weighted by atomic mass is 10.1. The molecule has 1 amide bonds. The van der Waals surface area contributed by atoms with Crippen molar-refractivity contribution in [3.8, 4) is 10.6 Å². The van der Waals surface area contributed by atoms with E-state index in [1.807, 2.05) is 34.5 Å². The smallest absolute Gasteiger partial charge is 0.228 e. The Labute approximate surface area is 163 Å². The van der Waals surface area contributed by atoms with E-state index in [-0.39, 0.29) is 12.0 Å². The molecular weight excluding hydrogens is 370 g/mol. The second kappa shape index (κ2) is 9.46. The van der Waals surface area contributed by atoms with Crippen LogP contribution in [0.3, 0.4) is 0 Å². The Morgan fingerprint density at radius 1 is 1.35 bits per heavy atom. The van der Waals surface area contributed by atoms with E-state index < -0.39 is 0 Å². The second-order valence-electron chi connectivity index (χ2n) is 6.39. The summed E-state index contributed by atoms with van der Waals surface area (Å²) in [4.78, 5) is 19.1. The van der Waals surface area contributed by atoms with Gasteiger partial charge in [-0.2, -0.15) is 0 Å². The largest absolute Gasteiger partial charge is 0.378 e. The minimum absolute atomic E-state index is 0.126. The summed E-state index contributed by atoms with van der Waals surface area (Å²) in [7, 11) is 0. The van der Waals surface area contributed by atoms with Gasteiger partial charge in [-0.15, -0.1) is 11.3 Å². The Bertz CT molecular complexity index is 729. The normalized spacial score (nSPS) is 15.4. The molecule has 2 aromatic rings. The number of aromatic nitrogens is 1. The van der Waals surface area contributed by atoms with Gasteiger partial charge in [0, 0.05) is 30.6 Å². The van der Waals surface area contributed by atoms with Gasteiger partial charge >= 0.3 is 0 Å². The molecule has 0 aliphatic carbocycles. The highest BCUT2D eigenvalue weighted by atomic mass is 35.5. The molecule has 7 heteroatoms. The summed E-state index contributed by atoms with van der Waals surface area (Å²) in [5.74, 6) is 0.126. The zero-order valence-electron chi connectivity index (χ0n) is 14.7. The molecule has 1 aromatic carbocycles. The predicted octanol–water partition coefficient (Wildman–Crippen LogP) is 3.36. The van der Waals surface area contributed by atoms with Gasteiger partial charge in [-0.25, -0.2) is 4.98 Å². The third-order valence-corrected chi connectivity index (χ3v) is 5.74. The number of nitrogens with two attached hydrogens (primary N) is 1. The summed E-state index contributed by atoms with van der Waals surface area (Å²) in [6.07, 6.45) is 3.24. The fraction of sp³-hybridized carbons (Fsp3) is 0.474. The molecule has 1 aliphatic heterocycles. The number of nitrogens with zero attached hydrogens (tertiary/aromatic N) is 2. The van der Waals surface area contributed by atoms with Crippen molar-refractivity contribution in [2.75, 3.05) is 26.2 Å². The van der Waals surface area contributed by atoms with Crippen LogP contribution in [0.5, 0.6) is 0 Å². The van der Waals surface area contributed by atoms with Crippen molar-refractivity contribution in [1.82, 2.24) is 9.88 Å². The van der Waals surface area contributed by atoms with Gasteiger partial charge in [-0.1, -0.05) is 29.8 Å². The fourth-order valence-electron chi connectivity index (χ4n) is 3.02. The topological polar surface area (TPSA) is 68.5 Å². The zero-order valence-corrected chi connectivity index (χ0v) is 16.3. The van der Waals surface area contributed by atoms with Crippen molar-refractivity contribution >= 4 is 28.8 Å². The highest BCUT2D eigenvalue weighted by Gasteiger charge is 2.23. The first kappa shape index (κ1) is 19.3. The lowest BCUT2D eigenvalue weighted by molar-refractivity contribution is -0.133. The van der Waals surface area contributed by atoms with Crippen molar-refractivity contribution in [3.63, 3.8) is 0 Å². The van der Waals surface area contributed by atoms with E-state index in [1.165, 1.54) is 11.3 Å². The van der Waals surface area contributed by atoms with Crippen LogP contribution in [0.25, 0.3) is 10.6 Å². The molecule has 0 spiro atoms. The molecule has 0 radical (unpaired) electrons. The average Bonchev–Trinajstić information content (AvgIpc) is 3.11. The molecule has 3 rings (SSSR count). The van der Waals surface area contributed by atoms with E-state index in [9.17, 15) is 4.79 Å². The van der Waals surface area contributed by atoms with Crippen molar-refractivity contribution in [2.45, 2.75) is 31.8 Å². The Morgan fingerprint density at radius 3 is 2.85 bits per heavy atom. The first-order chi connectivity index (χ1) is 12.7. The third kappa shape index (κ3) is 5.04. The molecular formula is C19H24ClN3O2S. The number of halogens is 1. The highest BCUT2D eigenvalue weighted by molar-refractivity contribution is 7.13. The fourth-order valence-corrected chi connectivity index (χ4v) is 4.16. The third-order valence-electron chi connectivity index (χ3n) is 4.49. The van der Waals surface area contributed by atoms with E-state index in [2.05, 4.69) is 4.98 Å². The molecule has 2 heterocycles. The quantitative estimate of drug-likeness (QED) is 0.732. The van der Waals surface area contributed by atoms with Crippen LogP contribution in [0.4, 0.5) is 0 Å². The Morgan fingerprint density at radius 2 is 2.12 bits per heavy atom. The highest BCUT2D eigenvalue weighted by Crippen LogP contribution is 2.30. The number of rotatable bonds is 7. The number of ether oxygens (including phenoxy) is 1. The Balaban J connectivity index is 1.51. The van der Waals surface area contributed by atoms with Gasteiger partial charge in [-0.05, 0) is 31.9 Å². The lowest BCUT2D eigenvalue weighted by Gasteiger charge is -2.32. The number of hydrogen-bond donors (Lipinski definition) is 1. The molecule has 1 fully saturated rings. The van der Waals surface area contributed by atoms with Gasteiger partial charge in [0.2, 0.25) is 5.91 Å². The van der Waals surface area contributed by atoms with Gasteiger partial charge in [0.15, 0.2) is 0 Å². The van der Waals surface area contributed by atoms with E-state index in [1.54, 1.807) is 0 Å². The molecule has 0 atom stereocenters. The molecule has 5 nitrogen and oxygen atoms in total. The number of thiazole rings is 1. The predicted molar refractivity (Wildman–Crippen MR) is 105 cm³/mol. The first-order valence-corrected chi connectivity index (χ1v) is 10.2. The van der Waals surface area contributed by atoms with Crippen LogP contribution in [0, 0.1) is 0 Å². The minimum atomic E-state index is 0.126. The molecule has 26 heavy (non-hydrogen) atoms. The molecule has 2 N–H and O–H groups in total. The summed E-state index contributed by atoms with van der Waals surface area (Å²) >= 11 is 7.75. The van der Waals surface area contributed by atoms with Crippen molar-refractivity contribution in [1.29, 1.82) is 0 Å². The molecule has 140 valence electrons. The van der Waals surface area contributed by atoms with Crippen LogP contribution in [0.15, 0.2) is 29.6 Å². The van der Waals surface area contributed by atoms with Crippen LogP contribution in [0.2, 0.25) is 5.02 Å². The second-order valence-corrected chi connectivity index (χ2v) is 7.66. The van der Waals surface area contributed by atoms with Gasteiger partial charge in [-0.3, -0.25) is 4.79 Å². The number of hydrogen-bond acceptors (Lipinski definition) is 5. The van der Waals surface area contributed by atoms with Crippen LogP contribution in [-0.2, 0) is 16.0 Å². The Hall–Kier alpha value is -1.47.